The lowest BCUT2D eigenvalue weighted by atomic mass is 9.98. The van der Waals surface area contributed by atoms with Gasteiger partial charge < -0.3 is 10.6 Å². The van der Waals surface area contributed by atoms with Gasteiger partial charge in [0.05, 0.1) is 0 Å². The summed E-state index contributed by atoms with van der Waals surface area (Å²) >= 11 is 0. The van der Waals surface area contributed by atoms with Crippen molar-refractivity contribution in [2.45, 2.75) is 77.3 Å². The summed E-state index contributed by atoms with van der Waals surface area (Å²) in [4.78, 5) is 37.7. The van der Waals surface area contributed by atoms with Crippen LogP contribution in [0.15, 0.2) is 0 Å². The van der Waals surface area contributed by atoms with E-state index in [4.69, 9.17) is 0 Å². The number of hydrogen-bond acceptors (Lipinski definition) is 3. The number of carbonyl (C=O) groups excluding carboxylic acids is 3. The number of rotatable bonds is 7. The van der Waals surface area contributed by atoms with Crippen molar-refractivity contribution in [1.82, 2.24) is 15.5 Å². The fraction of sp³-hybridized carbons (Fsp3) is 0.824. The van der Waals surface area contributed by atoms with Crippen molar-refractivity contribution in [2.24, 2.45) is 5.92 Å². The van der Waals surface area contributed by atoms with E-state index in [2.05, 4.69) is 24.5 Å². The Hall–Kier alpha value is -1.59. The summed E-state index contributed by atoms with van der Waals surface area (Å²) in [6.45, 7) is 6.14. The standard InChI is InChI=1S/C17H29N3O3/c1-12(2)7-6-8-13(3)18-14(21)11-20-15(22)17(19-16(20)23)9-4-5-10-17/h12-13H,4-11H2,1-3H3,(H,18,21)(H,19,23)/t13-/m0/s1. The van der Waals surface area contributed by atoms with Gasteiger partial charge in [-0.3, -0.25) is 14.5 Å². The maximum absolute atomic E-state index is 12.5. The van der Waals surface area contributed by atoms with Crippen molar-refractivity contribution in [1.29, 1.82) is 0 Å². The topological polar surface area (TPSA) is 78.5 Å². The Bertz CT molecular complexity index is 470. The number of imide groups is 1. The molecule has 0 aromatic carbocycles. The van der Waals surface area contributed by atoms with Crippen LogP contribution in [0.4, 0.5) is 4.79 Å². The summed E-state index contributed by atoms with van der Waals surface area (Å²) in [5.74, 6) is 0.162. The fourth-order valence-corrected chi connectivity index (χ4v) is 3.51. The molecular formula is C17H29N3O3. The molecule has 1 spiro atoms. The Balaban J connectivity index is 1.81. The summed E-state index contributed by atoms with van der Waals surface area (Å²) < 4.78 is 0. The van der Waals surface area contributed by atoms with Gasteiger partial charge in [-0.2, -0.15) is 0 Å². The molecule has 1 aliphatic carbocycles. The molecule has 2 aliphatic rings. The number of carbonyl (C=O) groups is 3. The second kappa shape index (κ2) is 7.32. The predicted octanol–water partition coefficient (Wildman–Crippen LogP) is 2.18. The molecule has 23 heavy (non-hydrogen) atoms. The summed E-state index contributed by atoms with van der Waals surface area (Å²) in [5, 5.41) is 5.68. The van der Waals surface area contributed by atoms with E-state index in [0.29, 0.717) is 18.8 Å². The second-order valence-corrected chi connectivity index (χ2v) is 7.40. The number of urea groups is 1. The van der Waals surface area contributed by atoms with Crippen molar-refractivity contribution in [3.05, 3.63) is 0 Å². The van der Waals surface area contributed by atoms with Crippen molar-refractivity contribution in [2.75, 3.05) is 6.54 Å². The molecule has 2 N–H and O–H groups in total. The maximum atomic E-state index is 12.5. The number of nitrogens with one attached hydrogen (secondary N) is 2. The summed E-state index contributed by atoms with van der Waals surface area (Å²) in [5.41, 5.74) is -0.736. The highest BCUT2D eigenvalue weighted by molar-refractivity contribution is 6.09. The molecule has 130 valence electrons. The summed E-state index contributed by atoms with van der Waals surface area (Å²) in [6, 6.07) is -0.373. The second-order valence-electron chi connectivity index (χ2n) is 7.40. The van der Waals surface area contributed by atoms with Gasteiger partial charge in [0.25, 0.3) is 5.91 Å². The molecule has 4 amide bonds. The number of amides is 4. The molecule has 1 heterocycles. The molecule has 0 bridgehead atoms. The minimum absolute atomic E-state index is 0.0578. The maximum Gasteiger partial charge on any atom is 0.325 e. The molecule has 1 saturated carbocycles. The van der Waals surface area contributed by atoms with E-state index < -0.39 is 11.6 Å². The van der Waals surface area contributed by atoms with Gasteiger partial charge in [-0.15, -0.1) is 0 Å². The van der Waals surface area contributed by atoms with Gasteiger partial charge in [0.15, 0.2) is 0 Å². The Morgan fingerprint density at radius 2 is 1.87 bits per heavy atom. The third-order valence-electron chi connectivity index (χ3n) is 4.83. The molecule has 2 rings (SSSR count). The highest BCUT2D eigenvalue weighted by Crippen LogP contribution is 2.34. The van der Waals surface area contributed by atoms with E-state index in [-0.39, 0.29) is 24.4 Å². The van der Waals surface area contributed by atoms with Gasteiger partial charge in [0, 0.05) is 6.04 Å². The highest BCUT2D eigenvalue weighted by atomic mass is 16.2. The smallest absolute Gasteiger partial charge is 0.325 e. The van der Waals surface area contributed by atoms with Crippen LogP contribution in [0.5, 0.6) is 0 Å². The van der Waals surface area contributed by atoms with Crippen LogP contribution in [0.2, 0.25) is 0 Å². The van der Waals surface area contributed by atoms with E-state index in [0.717, 1.165) is 37.0 Å². The van der Waals surface area contributed by atoms with Crippen LogP contribution >= 0.6 is 0 Å². The van der Waals surface area contributed by atoms with E-state index in [1.807, 2.05) is 6.92 Å². The molecular weight excluding hydrogens is 294 g/mol. The van der Waals surface area contributed by atoms with Crippen molar-refractivity contribution in [3.8, 4) is 0 Å². The van der Waals surface area contributed by atoms with Crippen LogP contribution in [0.3, 0.4) is 0 Å². The van der Waals surface area contributed by atoms with Crippen molar-refractivity contribution >= 4 is 17.8 Å². The molecule has 0 aromatic heterocycles. The van der Waals surface area contributed by atoms with E-state index in [1.165, 1.54) is 0 Å². The molecule has 0 radical (unpaired) electrons. The zero-order valence-corrected chi connectivity index (χ0v) is 14.5. The zero-order valence-electron chi connectivity index (χ0n) is 14.5. The van der Waals surface area contributed by atoms with E-state index >= 15 is 0 Å². The Kier molecular flexibility index (Phi) is 5.65. The Morgan fingerprint density at radius 3 is 2.48 bits per heavy atom. The summed E-state index contributed by atoms with van der Waals surface area (Å²) in [6.07, 6.45) is 6.36. The normalized spacial score (nSPS) is 21.1. The lowest BCUT2D eigenvalue weighted by Gasteiger charge is -2.20. The molecule has 2 fully saturated rings. The first-order valence-electron chi connectivity index (χ1n) is 8.77. The molecule has 1 saturated heterocycles. The van der Waals surface area contributed by atoms with Gasteiger partial charge in [0.1, 0.15) is 12.1 Å². The first-order chi connectivity index (χ1) is 10.8. The first-order valence-corrected chi connectivity index (χ1v) is 8.77. The SMILES string of the molecule is CC(C)CCC[C@H](C)NC(=O)CN1C(=O)NC2(CCCC2)C1=O. The summed E-state index contributed by atoms with van der Waals surface area (Å²) in [7, 11) is 0. The average Bonchev–Trinajstić information content (AvgIpc) is 3.00. The van der Waals surface area contributed by atoms with Gasteiger partial charge in [0.2, 0.25) is 5.91 Å². The number of nitrogens with zero attached hydrogens (tertiary/aromatic N) is 1. The predicted molar refractivity (Wildman–Crippen MR) is 87.7 cm³/mol. The van der Waals surface area contributed by atoms with Crippen molar-refractivity contribution in [3.63, 3.8) is 0 Å². The Labute approximate surface area is 138 Å². The van der Waals surface area contributed by atoms with Crippen molar-refractivity contribution < 1.29 is 14.4 Å². The third-order valence-corrected chi connectivity index (χ3v) is 4.83. The van der Waals surface area contributed by atoms with Gasteiger partial charge in [-0.1, -0.05) is 39.5 Å². The largest absolute Gasteiger partial charge is 0.352 e. The minimum atomic E-state index is -0.736. The van der Waals surface area contributed by atoms with Crippen LogP contribution in [0.25, 0.3) is 0 Å². The lowest BCUT2D eigenvalue weighted by molar-refractivity contribution is -0.135. The molecule has 6 heteroatoms. The van der Waals surface area contributed by atoms with Gasteiger partial charge in [-0.05, 0) is 32.1 Å². The van der Waals surface area contributed by atoms with Crippen LogP contribution in [-0.4, -0.2) is 40.9 Å². The van der Waals surface area contributed by atoms with Crippen LogP contribution in [0, 0.1) is 5.92 Å². The number of hydrogen-bond donors (Lipinski definition) is 2. The van der Waals surface area contributed by atoms with E-state index in [1.54, 1.807) is 0 Å². The molecule has 1 aliphatic heterocycles. The third kappa shape index (κ3) is 4.24. The fourth-order valence-electron chi connectivity index (χ4n) is 3.51. The monoisotopic (exact) mass is 323 g/mol. The van der Waals surface area contributed by atoms with E-state index in [9.17, 15) is 14.4 Å². The lowest BCUT2D eigenvalue weighted by Crippen LogP contribution is -2.46. The quantitative estimate of drug-likeness (QED) is 0.705. The van der Waals surface area contributed by atoms with Crippen LogP contribution in [0.1, 0.15) is 65.7 Å². The molecule has 0 unspecified atom stereocenters. The molecule has 6 nitrogen and oxygen atoms in total. The average molecular weight is 323 g/mol. The van der Waals surface area contributed by atoms with Crippen LogP contribution in [-0.2, 0) is 9.59 Å². The van der Waals surface area contributed by atoms with Gasteiger partial charge >= 0.3 is 6.03 Å². The first kappa shape index (κ1) is 17.8. The van der Waals surface area contributed by atoms with Crippen LogP contribution < -0.4 is 10.6 Å². The minimum Gasteiger partial charge on any atom is -0.352 e. The Morgan fingerprint density at radius 1 is 1.22 bits per heavy atom. The molecule has 1 atom stereocenters. The zero-order chi connectivity index (χ0) is 17.0. The van der Waals surface area contributed by atoms with Gasteiger partial charge in [-0.25, -0.2) is 4.79 Å². The molecule has 0 aromatic rings. The highest BCUT2D eigenvalue weighted by Gasteiger charge is 2.52.